The van der Waals surface area contributed by atoms with Crippen LogP contribution in [0.3, 0.4) is 0 Å². The van der Waals surface area contributed by atoms with Crippen LogP contribution >= 0.6 is 11.6 Å². The Hall–Kier alpha value is -2.49. The minimum absolute atomic E-state index is 0.0329. The van der Waals surface area contributed by atoms with E-state index in [-0.39, 0.29) is 4.90 Å². The third kappa shape index (κ3) is 5.11. The molecule has 1 aliphatic heterocycles. The number of morpholine rings is 1. The molecule has 1 heterocycles. The molecular formula is C19H21ClN2O6S. The lowest BCUT2D eigenvalue weighted by atomic mass is 10.2. The lowest BCUT2D eigenvalue weighted by Crippen LogP contribution is -2.37. The second kappa shape index (κ2) is 8.89. The number of nitrogens with one attached hydrogen (secondary N) is 1. The molecule has 1 saturated heterocycles. The van der Waals surface area contributed by atoms with Gasteiger partial charge >= 0.3 is 5.97 Å². The summed E-state index contributed by atoms with van der Waals surface area (Å²) < 4.78 is 39.0. The van der Waals surface area contributed by atoms with E-state index >= 15 is 0 Å². The van der Waals surface area contributed by atoms with E-state index in [1.54, 1.807) is 25.1 Å². The molecule has 2 aromatic rings. The summed E-state index contributed by atoms with van der Waals surface area (Å²) in [6.07, 6.45) is 0. The fraction of sp³-hybridized carbons (Fsp3) is 0.316. The molecular weight excluding hydrogens is 420 g/mol. The zero-order valence-electron chi connectivity index (χ0n) is 15.7. The molecule has 29 heavy (non-hydrogen) atoms. The highest BCUT2D eigenvalue weighted by atomic mass is 35.5. The second-order valence-corrected chi connectivity index (χ2v) is 8.54. The predicted octanol–water partition coefficient (Wildman–Crippen LogP) is 2.75. The summed E-state index contributed by atoms with van der Waals surface area (Å²) in [6.45, 7) is 3.43. The van der Waals surface area contributed by atoms with Gasteiger partial charge in [0, 0.05) is 13.1 Å². The molecule has 8 nitrogen and oxygen atoms in total. The largest absolute Gasteiger partial charge is 0.482 e. The van der Waals surface area contributed by atoms with Gasteiger partial charge in [-0.2, -0.15) is 0 Å². The van der Waals surface area contributed by atoms with Gasteiger partial charge in [-0.05, 0) is 42.8 Å². The van der Waals surface area contributed by atoms with Gasteiger partial charge in [0.25, 0.3) is 10.0 Å². The SMILES string of the molecule is Cc1cc(S(=O)(=O)Nc2cccc(Cl)c2N2CCOCC2)ccc1OCC(=O)O. The maximum absolute atomic E-state index is 12.9. The van der Waals surface area contributed by atoms with E-state index in [0.29, 0.717) is 54.0 Å². The number of aryl methyl sites for hydroxylation is 1. The molecule has 3 rings (SSSR count). The Balaban J connectivity index is 1.87. The van der Waals surface area contributed by atoms with Gasteiger partial charge in [-0.1, -0.05) is 17.7 Å². The number of benzene rings is 2. The van der Waals surface area contributed by atoms with Gasteiger partial charge in [0.1, 0.15) is 5.75 Å². The number of rotatable bonds is 7. The van der Waals surface area contributed by atoms with Crippen molar-refractivity contribution in [1.82, 2.24) is 0 Å². The summed E-state index contributed by atoms with van der Waals surface area (Å²) in [5.41, 5.74) is 1.50. The number of anilines is 2. The van der Waals surface area contributed by atoms with Gasteiger partial charge in [0.2, 0.25) is 0 Å². The van der Waals surface area contributed by atoms with E-state index in [1.165, 1.54) is 18.2 Å². The first-order chi connectivity index (χ1) is 13.8. The molecule has 0 radical (unpaired) electrons. The van der Waals surface area contributed by atoms with Crippen LogP contribution in [0.5, 0.6) is 5.75 Å². The molecule has 10 heteroatoms. The highest BCUT2D eigenvalue weighted by Gasteiger charge is 2.22. The number of carboxylic acid groups (broad SMARTS) is 1. The van der Waals surface area contributed by atoms with E-state index < -0.39 is 22.6 Å². The fourth-order valence-electron chi connectivity index (χ4n) is 3.00. The summed E-state index contributed by atoms with van der Waals surface area (Å²) in [4.78, 5) is 12.7. The maximum atomic E-state index is 12.9. The zero-order chi connectivity index (χ0) is 21.0. The van der Waals surface area contributed by atoms with E-state index in [2.05, 4.69) is 4.72 Å². The smallest absolute Gasteiger partial charge is 0.341 e. The molecule has 1 aliphatic rings. The third-order valence-corrected chi connectivity index (χ3v) is 6.03. The van der Waals surface area contributed by atoms with Crippen LogP contribution in [0.1, 0.15) is 5.56 Å². The number of carbonyl (C=O) groups is 1. The molecule has 2 aromatic carbocycles. The summed E-state index contributed by atoms with van der Waals surface area (Å²) >= 11 is 6.36. The highest BCUT2D eigenvalue weighted by molar-refractivity contribution is 7.92. The van der Waals surface area contributed by atoms with Crippen molar-refractivity contribution in [1.29, 1.82) is 0 Å². The number of ether oxygens (including phenoxy) is 2. The van der Waals surface area contributed by atoms with Crippen molar-refractivity contribution in [2.24, 2.45) is 0 Å². The standard InChI is InChI=1S/C19H21ClN2O6S/c1-13-11-14(5-6-17(13)28-12-18(23)24)29(25,26)21-16-4-2-3-15(20)19(16)22-7-9-27-10-8-22/h2-6,11,21H,7-10,12H2,1H3,(H,23,24). The molecule has 0 aromatic heterocycles. The Morgan fingerprint density at radius 1 is 1.28 bits per heavy atom. The van der Waals surface area contributed by atoms with Crippen molar-refractivity contribution in [3.63, 3.8) is 0 Å². The molecule has 0 spiro atoms. The molecule has 1 fully saturated rings. The molecule has 0 amide bonds. The zero-order valence-corrected chi connectivity index (χ0v) is 17.3. The fourth-order valence-corrected chi connectivity index (χ4v) is 4.45. The summed E-state index contributed by atoms with van der Waals surface area (Å²) in [5.74, 6) is -0.803. The third-order valence-electron chi connectivity index (χ3n) is 4.37. The Labute approximate surface area is 174 Å². The average molecular weight is 441 g/mol. The van der Waals surface area contributed by atoms with Crippen LogP contribution in [-0.4, -0.2) is 52.4 Å². The van der Waals surface area contributed by atoms with Crippen molar-refractivity contribution in [3.05, 3.63) is 47.0 Å². The Bertz CT molecular complexity index is 1010. The molecule has 0 bridgehead atoms. The summed E-state index contributed by atoms with van der Waals surface area (Å²) in [5, 5.41) is 9.16. The second-order valence-electron chi connectivity index (χ2n) is 6.45. The van der Waals surface area contributed by atoms with Crippen LogP contribution < -0.4 is 14.4 Å². The van der Waals surface area contributed by atoms with E-state index in [9.17, 15) is 13.2 Å². The van der Waals surface area contributed by atoms with Crippen molar-refractivity contribution >= 4 is 39.0 Å². The first-order valence-electron chi connectivity index (χ1n) is 8.87. The van der Waals surface area contributed by atoms with Crippen molar-refractivity contribution in [2.45, 2.75) is 11.8 Å². The van der Waals surface area contributed by atoms with Crippen LogP contribution in [0.25, 0.3) is 0 Å². The first-order valence-corrected chi connectivity index (χ1v) is 10.7. The minimum atomic E-state index is -3.90. The number of para-hydroxylation sites is 1. The minimum Gasteiger partial charge on any atom is -0.482 e. The van der Waals surface area contributed by atoms with Crippen molar-refractivity contribution < 1.29 is 27.8 Å². The van der Waals surface area contributed by atoms with E-state index in [4.69, 9.17) is 26.2 Å². The molecule has 0 unspecified atom stereocenters. The number of carboxylic acids is 1. The normalized spacial score (nSPS) is 14.5. The Morgan fingerprint density at radius 3 is 2.66 bits per heavy atom. The average Bonchev–Trinajstić information content (AvgIpc) is 2.67. The van der Waals surface area contributed by atoms with Gasteiger partial charge < -0.3 is 19.5 Å². The molecule has 2 N–H and O–H groups in total. The number of sulfonamides is 1. The van der Waals surface area contributed by atoms with Crippen LogP contribution in [0.2, 0.25) is 5.02 Å². The maximum Gasteiger partial charge on any atom is 0.341 e. The number of halogens is 1. The van der Waals surface area contributed by atoms with Gasteiger partial charge in [-0.25, -0.2) is 13.2 Å². The van der Waals surface area contributed by atoms with Crippen LogP contribution in [-0.2, 0) is 19.6 Å². The van der Waals surface area contributed by atoms with Crippen LogP contribution in [0.15, 0.2) is 41.3 Å². The summed E-state index contributed by atoms with van der Waals surface area (Å²) in [6, 6.07) is 9.28. The van der Waals surface area contributed by atoms with Gasteiger partial charge in [0.05, 0.1) is 34.5 Å². The van der Waals surface area contributed by atoms with Crippen molar-refractivity contribution in [2.75, 3.05) is 42.5 Å². The number of hydrogen-bond acceptors (Lipinski definition) is 6. The van der Waals surface area contributed by atoms with Crippen LogP contribution in [0.4, 0.5) is 11.4 Å². The monoisotopic (exact) mass is 440 g/mol. The highest BCUT2D eigenvalue weighted by Crippen LogP contribution is 2.36. The molecule has 0 atom stereocenters. The number of nitrogens with zero attached hydrogens (tertiary/aromatic N) is 1. The Morgan fingerprint density at radius 2 is 2.00 bits per heavy atom. The first kappa shape index (κ1) is 21.2. The lowest BCUT2D eigenvalue weighted by Gasteiger charge is -2.31. The lowest BCUT2D eigenvalue weighted by molar-refractivity contribution is -0.139. The quantitative estimate of drug-likeness (QED) is 0.681. The van der Waals surface area contributed by atoms with Crippen molar-refractivity contribution in [3.8, 4) is 5.75 Å². The Kier molecular flexibility index (Phi) is 6.51. The summed E-state index contributed by atoms with van der Waals surface area (Å²) in [7, 11) is -3.90. The van der Waals surface area contributed by atoms with Crippen LogP contribution in [0, 0.1) is 6.92 Å². The van der Waals surface area contributed by atoms with E-state index in [0.717, 1.165) is 0 Å². The predicted molar refractivity (Wildman–Crippen MR) is 110 cm³/mol. The topological polar surface area (TPSA) is 105 Å². The van der Waals surface area contributed by atoms with Gasteiger partial charge in [-0.3, -0.25) is 4.72 Å². The molecule has 0 saturated carbocycles. The molecule has 156 valence electrons. The number of aliphatic carboxylic acids is 1. The van der Waals surface area contributed by atoms with E-state index in [1.807, 2.05) is 4.90 Å². The van der Waals surface area contributed by atoms with Gasteiger partial charge in [0.15, 0.2) is 6.61 Å². The molecule has 0 aliphatic carbocycles. The number of hydrogen-bond donors (Lipinski definition) is 2. The van der Waals surface area contributed by atoms with Gasteiger partial charge in [-0.15, -0.1) is 0 Å².